The molecule has 0 radical (unpaired) electrons. The van der Waals surface area contributed by atoms with E-state index in [1.165, 1.54) is 6.92 Å². The lowest BCUT2D eigenvalue weighted by Crippen LogP contribution is -2.11. The molecule has 2 aromatic rings. The molecule has 0 unspecified atom stereocenters. The van der Waals surface area contributed by atoms with Gasteiger partial charge in [-0.2, -0.15) is 4.98 Å². The van der Waals surface area contributed by atoms with Crippen molar-refractivity contribution in [3.63, 3.8) is 0 Å². The van der Waals surface area contributed by atoms with Gasteiger partial charge in [0, 0.05) is 6.07 Å². The smallest absolute Gasteiger partial charge is 0.257 e. The van der Waals surface area contributed by atoms with Crippen molar-refractivity contribution < 1.29 is 9.52 Å². The Bertz CT molecular complexity index is 584. The molecule has 2 aromatic heterocycles. The summed E-state index contributed by atoms with van der Waals surface area (Å²) in [6, 6.07) is 1.64. The van der Waals surface area contributed by atoms with E-state index in [-0.39, 0.29) is 17.3 Å². The van der Waals surface area contributed by atoms with Crippen molar-refractivity contribution >= 4 is 31.9 Å². The van der Waals surface area contributed by atoms with Crippen LogP contribution in [0.1, 0.15) is 5.56 Å². The largest absolute Gasteiger partial charge is 0.493 e. The molecular weight excluding hydrogens is 344 g/mol. The fourth-order valence-electron chi connectivity index (χ4n) is 1.10. The third-order valence-electron chi connectivity index (χ3n) is 2.00. The lowest BCUT2D eigenvalue weighted by Gasteiger charge is -1.99. The van der Waals surface area contributed by atoms with E-state index in [0.29, 0.717) is 14.9 Å². The molecule has 0 bridgehead atoms. The van der Waals surface area contributed by atoms with Gasteiger partial charge < -0.3 is 14.5 Å². The summed E-state index contributed by atoms with van der Waals surface area (Å²) >= 11 is 6.41. The van der Waals surface area contributed by atoms with E-state index in [1.54, 1.807) is 6.07 Å². The highest BCUT2D eigenvalue weighted by Gasteiger charge is 2.13. The van der Waals surface area contributed by atoms with Gasteiger partial charge in [-0.3, -0.25) is 4.79 Å². The highest BCUT2D eigenvalue weighted by atomic mass is 79.9. The van der Waals surface area contributed by atoms with Gasteiger partial charge in [-0.05, 0) is 38.8 Å². The molecule has 2 N–H and O–H groups in total. The molecular formula is C9H6Br2N2O3. The number of hydrogen-bond donors (Lipinski definition) is 2. The summed E-state index contributed by atoms with van der Waals surface area (Å²) in [5, 5.41) is 9.42. The third kappa shape index (κ3) is 1.92. The van der Waals surface area contributed by atoms with E-state index < -0.39 is 5.56 Å². The molecule has 16 heavy (non-hydrogen) atoms. The van der Waals surface area contributed by atoms with E-state index in [1.807, 2.05) is 0 Å². The van der Waals surface area contributed by atoms with Crippen LogP contribution in [-0.4, -0.2) is 15.1 Å². The van der Waals surface area contributed by atoms with Gasteiger partial charge in [0.05, 0.1) is 10.0 Å². The summed E-state index contributed by atoms with van der Waals surface area (Å²) in [6.07, 6.45) is 0. The summed E-state index contributed by atoms with van der Waals surface area (Å²) in [5.74, 6) is 0.230. The Morgan fingerprint density at radius 3 is 2.69 bits per heavy atom. The number of nitrogens with one attached hydrogen (secondary N) is 1. The Kier molecular flexibility index (Phi) is 2.90. The first-order valence-corrected chi connectivity index (χ1v) is 5.82. The van der Waals surface area contributed by atoms with Crippen LogP contribution in [0.25, 0.3) is 11.6 Å². The van der Waals surface area contributed by atoms with Crippen LogP contribution < -0.4 is 5.56 Å². The van der Waals surface area contributed by atoms with Crippen LogP contribution in [0.3, 0.4) is 0 Å². The van der Waals surface area contributed by atoms with Gasteiger partial charge in [0.15, 0.2) is 16.3 Å². The summed E-state index contributed by atoms with van der Waals surface area (Å²) in [5.41, 5.74) is -0.223. The van der Waals surface area contributed by atoms with Crippen LogP contribution in [0.15, 0.2) is 24.4 Å². The van der Waals surface area contributed by atoms with Crippen molar-refractivity contribution in [3.8, 4) is 17.5 Å². The molecule has 0 aliphatic heterocycles. The zero-order valence-corrected chi connectivity index (χ0v) is 11.2. The monoisotopic (exact) mass is 348 g/mol. The molecule has 0 aromatic carbocycles. The maximum Gasteiger partial charge on any atom is 0.257 e. The number of furan rings is 1. The molecule has 0 atom stereocenters. The van der Waals surface area contributed by atoms with Gasteiger partial charge in [-0.15, -0.1) is 0 Å². The van der Waals surface area contributed by atoms with E-state index in [4.69, 9.17) is 4.42 Å². The van der Waals surface area contributed by atoms with E-state index in [2.05, 4.69) is 41.8 Å². The minimum Gasteiger partial charge on any atom is -0.493 e. The van der Waals surface area contributed by atoms with Crippen LogP contribution in [0.5, 0.6) is 5.88 Å². The van der Waals surface area contributed by atoms with Crippen molar-refractivity contribution in [3.05, 3.63) is 31.1 Å². The van der Waals surface area contributed by atoms with Gasteiger partial charge >= 0.3 is 0 Å². The molecule has 0 fully saturated rings. The van der Waals surface area contributed by atoms with Gasteiger partial charge in [0.2, 0.25) is 5.88 Å². The second kappa shape index (κ2) is 4.06. The Hall–Kier alpha value is -1.08. The lowest BCUT2D eigenvalue weighted by atomic mass is 10.3. The van der Waals surface area contributed by atoms with Crippen molar-refractivity contribution in [1.82, 2.24) is 9.97 Å². The number of halogens is 2. The fraction of sp³-hybridized carbons (Fsp3) is 0.111. The number of H-pyrrole nitrogens is 1. The summed E-state index contributed by atoms with van der Waals surface area (Å²) in [4.78, 5) is 17.7. The first-order chi connectivity index (χ1) is 7.49. The molecule has 0 aliphatic rings. The molecule has 0 saturated carbocycles. The lowest BCUT2D eigenvalue weighted by molar-refractivity contribution is 0.445. The molecule has 2 rings (SSSR count). The number of rotatable bonds is 1. The van der Waals surface area contributed by atoms with Crippen LogP contribution >= 0.6 is 31.9 Å². The fourth-order valence-corrected chi connectivity index (χ4v) is 1.68. The molecule has 7 heteroatoms. The summed E-state index contributed by atoms with van der Waals surface area (Å²) in [7, 11) is 0. The molecule has 0 amide bonds. The minimum atomic E-state index is -0.397. The molecule has 0 saturated heterocycles. The first-order valence-electron chi connectivity index (χ1n) is 4.24. The van der Waals surface area contributed by atoms with Crippen molar-refractivity contribution in [1.29, 1.82) is 0 Å². The normalized spacial score (nSPS) is 10.7. The number of nitrogens with zero attached hydrogens (tertiary/aromatic N) is 1. The number of aromatic hydroxyl groups is 1. The Morgan fingerprint density at radius 1 is 1.50 bits per heavy atom. The second-order valence-electron chi connectivity index (χ2n) is 3.10. The highest BCUT2D eigenvalue weighted by Crippen LogP contribution is 2.31. The second-order valence-corrected chi connectivity index (χ2v) is 4.67. The molecule has 5 nitrogen and oxygen atoms in total. The Labute approximate surface area is 107 Å². The van der Waals surface area contributed by atoms with E-state index in [9.17, 15) is 9.90 Å². The predicted molar refractivity (Wildman–Crippen MR) is 64.4 cm³/mol. The predicted octanol–water partition coefficient (Wildman–Crippen LogP) is 2.57. The first kappa shape index (κ1) is 11.4. The van der Waals surface area contributed by atoms with Crippen molar-refractivity contribution in [2.75, 3.05) is 0 Å². The van der Waals surface area contributed by atoms with Gasteiger partial charge in [0.25, 0.3) is 5.56 Å². The minimum absolute atomic E-state index is 0.174. The Morgan fingerprint density at radius 2 is 2.19 bits per heavy atom. The van der Waals surface area contributed by atoms with E-state index in [0.717, 1.165) is 0 Å². The molecule has 0 aliphatic carbocycles. The van der Waals surface area contributed by atoms with Gasteiger partial charge in [0.1, 0.15) is 0 Å². The maximum atomic E-state index is 11.4. The maximum absolute atomic E-state index is 11.4. The summed E-state index contributed by atoms with van der Waals surface area (Å²) in [6.45, 7) is 1.49. The van der Waals surface area contributed by atoms with Crippen LogP contribution in [-0.2, 0) is 0 Å². The van der Waals surface area contributed by atoms with Crippen molar-refractivity contribution in [2.45, 2.75) is 6.92 Å². The number of aromatic nitrogens is 2. The third-order valence-corrected chi connectivity index (χ3v) is 3.71. The quantitative estimate of drug-likeness (QED) is 0.829. The zero-order chi connectivity index (χ0) is 11.9. The highest BCUT2D eigenvalue weighted by molar-refractivity contribution is 9.13. The van der Waals surface area contributed by atoms with Crippen LogP contribution in [0.2, 0.25) is 0 Å². The average molecular weight is 350 g/mol. The van der Waals surface area contributed by atoms with E-state index >= 15 is 0 Å². The Balaban J connectivity index is 2.61. The zero-order valence-electron chi connectivity index (χ0n) is 8.04. The van der Waals surface area contributed by atoms with Crippen LogP contribution in [0.4, 0.5) is 0 Å². The van der Waals surface area contributed by atoms with Crippen molar-refractivity contribution in [2.24, 2.45) is 0 Å². The van der Waals surface area contributed by atoms with Gasteiger partial charge in [-0.25, -0.2) is 0 Å². The number of aromatic amines is 1. The summed E-state index contributed by atoms with van der Waals surface area (Å²) < 4.78 is 6.47. The standard InChI is InChI=1S/C9H6Br2N2O3/c1-3-8(14)12-7(13-9(3)15)5-2-4(10)6(11)16-5/h2H,1H3,(H2,12,13,14,15). The average Bonchev–Trinajstić information content (AvgIpc) is 2.55. The van der Waals surface area contributed by atoms with Crippen LogP contribution in [0, 0.1) is 6.92 Å². The molecule has 84 valence electrons. The van der Waals surface area contributed by atoms with Gasteiger partial charge in [-0.1, -0.05) is 0 Å². The molecule has 0 spiro atoms. The topological polar surface area (TPSA) is 79.1 Å². The SMILES string of the molecule is Cc1c(O)nc(-c2cc(Br)c(Br)o2)[nH]c1=O. The molecule has 2 heterocycles. The number of hydrogen-bond acceptors (Lipinski definition) is 4.